The Labute approximate surface area is 144 Å². The van der Waals surface area contributed by atoms with Gasteiger partial charge < -0.3 is 9.84 Å². The molecule has 1 fully saturated rings. The van der Waals surface area contributed by atoms with E-state index in [0.717, 1.165) is 35.1 Å². The Morgan fingerprint density at radius 3 is 2.92 bits per heavy atom. The Bertz CT molecular complexity index is 921. The predicted molar refractivity (Wildman–Crippen MR) is 95.2 cm³/mol. The Morgan fingerprint density at radius 2 is 2.20 bits per heavy atom. The van der Waals surface area contributed by atoms with Crippen molar-refractivity contribution in [3.8, 4) is 11.6 Å². The number of rotatable bonds is 4. The van der Waals surface area contributed by atoms with Crippen LogP contribution in [-0.4, -0.2) is 40.1 Å². The molecule has 3 rings (SSSR count). The highest BCUT2D eigenvalue weighted by Crippen LogP contribution is 2.21. The van der Waals surface area contributed by atoms with Gasteiger partial charge in [-0.25, -0.2) is 9.36 Å². The second kappa shape index (κ2) is 7.06. The van der Waals surface area contributed by atoms with Gasteiger partial charge in [0.2, 0.25) is 5.88 Å². The average Bonchev–Trinajstić information content (AvgIpc) is 3.07. The molecule has 0 aliphatic carbocycles. The maximum absolute atomic E-state index is 12.2. The van der Waals surface area contributed by atoms with Crippen LogP contribution < -0.4 is 11.2 Å². The highest BCUT2D eigenvalue weighted by atomic mass is 16.5. The van der Waals surface area contributed by atoms with E-state index in [1.165, 1.54) is 6.21 Å². The lowest BCUT2D eigenvalue weighted by atomic mass is 10.1. The first-order valence-electron chi connectivity index (χ1n) is 8.25. The molecule has 0 amide bonds. The minimum absolute atomic E-state index is 0.0431. The van der Waals surface area contributed by atoms with Crippen molar-refractivity contribution in [3.05, 3.63) is 55.7 Å². The van der Waals surface area contributed by atoms with Gasteiger partial charge in [0.05, 0.1) is 18.3 Å². The van der Waals surface area contributed by atoms with Crippen molar-refractivity contribution in [3.63, 3.8) is 0 Å². The van der Waals surface area contributed by atoms with E-state index in [0.29, 0.717) is 12.2 Å². The largest absolute Gasteiger partial charge is 0.493 e. The minimum Gasteiger partial charge on any atom is -0.493 e. The molecular weight excluding hydrogens is 322 g/mol. The van der Waals surface area contributed by atoms with Crippen molar-refractivity contribution in [2.75, 3.05) is 13.2 Å². The van der Waals surface area contributed by atoms with Gasteiger partial charge in [0.1, 0.15) is 5.56 Å². The molecule has 1 saturated heterocycles. The second-order valence-electron chi connectivity index (χ2n) is 6.18. The Balaban J connectivity index is 2.03. The van der Waals surface area contributed by atoms with Crippen molar-refractivity contribution < 1.29 is 9.84 Å². The molecule has 2 heterocycles. The third-order valence-corrected chi connectivity index (χ3v) is 4.49. The number of hydrogen-bond acceptors (Lipinski definition) is 5. The summed E-state index contributed by atoms with van der Waals surface area (Å²) in [5.74, 6) is -0.418. The van der Waals surface area contributed by atoms with E-state index in [4.69, 9.17) is 4.74 Å². The summed E-state index contributed by atoms with van der Waals surface area (Å²) in [7, 11) is 0. The van der Waals surface area contributed by atoms with Crippen molar-refractivity contribution in [2.45, 2.75) is 32.8 Å². The fraction of sp³-hybridized carbons (Fsp3) is 0.389. The molecule has 25 heavy (non-hydrogen) atoms. The zero-order valence-electron chi connectivity index (χ0n) is 14.3. The van der Waals surface area contributed by atoms with Crippen LogP contribution in [0, 0.1) is 13.8 Å². The molecule has 2 N–H and O–H groups in total. The number of aryl methyl sites for hydroxylation is 1. The van der Waals surface area contributed by atoms with Crippen LogP contribution in [0.25, 0.3) is 5.69 Å². The van der Waals surface area contributed by atoms with Crippen LogP contribution >= 0.6 is 0 Å². The molecule has 0 spiro atoms. The van der Waals surface area contributed by atoms with Crippen LogP contribution in [0.5, 0.6) is 5.88 Å². The number of benzene rings is 1. The highest BCUT2D eigenvalue weighted by Gasteiger charge is 2.17. The van der Waals surface area contributed by atoms with Gasteiger partial charge in [0, 0.05) is 12.8 Å². The van der Waals surface area contributed by atoms with Crippen LogP contribution in [0.1, 0.15) is 29.5 Å². The lowest BCUT2D eigenvalue weighted by Gasteiger charge is -2.13. The van der Waals surface area contributed by atoms with Crippen LogP contribution in [0.2, 0.25) is 0 Å². The monoisotopic (exact) mass is 343 g/mol. The normalized spacial score (nSPS) is 17.4. The quantitative estimate of drug-likeness (QED) is 0.821. The molecule has 7 heteroatoms. The molecular formula is C18H21N3O4. The Morgan fingerprint density at radius 1 is 1.40 bits per heavy atom. The maximum Gasteiger partial charge on any atom is 0.335 e. The Kier molecular flexibility index (Phi) is 4.85. The molecule has 0 radical (unpaired) electrons. The second-order valence-corrected chi connectivity index (χ2v) is 6.18. The van der Waals surface area contributed by atoms with Gasteiger partial charge in [0.25, 0.3) is 5.56 Å². The Hall–Kier alpha value is -2.67. The smallest absolute Gasteiger partial charge is 0.335 e. The number of aromatic hydroxyl groups is 1. The van der Waals surface area contributed by atoms with Crippen molar-refractivity contribution in [1.29, 1.82) is 0 Å². The number of hydrogen-bond donors (Lipinski definition) is 2. The van der Waals surface area contributed by atoms with E-state index in [-0.39, 0.29) is 11.7 Å². The topological polar surface area (TPSA) is 96.7 Å². The van der Waals surface area contributed by atoms with Gasteiger partial charge in [-0.15, -0.1) is 0 Å². The fourth-order valence-electron chi connectivity index (χ4n) is 2.91. The van der Waals surface area contributed by atoms with E-state index in [2.05, 4.69) is 9.98 Å². The molecule has 1 aliphatic heterocycles. The lowest BCUT2D eigenvalue weighted by Crippen LogP contribution is -2.31. The summed E-state index contributed by atoms with van der Waals surface area (Å²) < 4.78 is 6.57. The molecule has 2 aromatic rings. The predicted octanol–water partition coefficient (Wildman–Crippen LogP) is 1.45. The standard InChI is InChI=1S/C18H21N3O4/c1-11-5-3-7-15(12(11)2)21-17(23)14(16(22)20-18(21)24)10-19-9-13-6-4-8-25-13/h3,5,7,10,13,23H,4,6,8-9H2,1-2H3,(H,20,22,24)/t13-/m1/s1. The molecule has 1 aromatic carbocycles. The van der Waals surface area contributed by atoms with Gasteiger partial charge in [-0.3, -0.25) is 14.8 Å². The molecule has 0 unspecified atom stereocenters. The van der Waals surface area contributed by atoms with Gasteiger partial charge in [-0.2, -0.15) is 0 Å². The third kappa shape index (κ3) is 3.41. The van der Waals surface area contributed by atoms with E-state index < -0.39 is 17.1 Å². The highest BCUT2D eigenvalue weighted by molar-refractivity contribution is 5.82. The van der Waals surface area contributed by atoms with Crippen molar-refractivity contribution in [1.82, 2.24) is 9.55 Å². The summed E-state index contributed by atoms with van der Waals surface area (Å²) in [5.41, 5.74) is 0.941. The van der Waals surface area contributed by atoms with Gasteiger partial charge in [-0.1, -0.05) is 12.1 Å². The van der Waals surface area contributed by atoms with Crippen molar-refractivity contribution in [2.24, 2.45) is 4.99 Å². The van der Waals surface area contributed by atoms with E-state index in [1.54, 1.807) is 12.1 Å². The molecule has 1 aromatic heterocycles. The summed E-state index contributed by atoms with van der Waals surface area (Å²) in [6.07, 6.45) is 3.28. The first-order valence-corrected chi connectivity index (χ1v) is 8.25. The number of nitrogens with one attached hydrogen (secondary N) is 1. The zero-order valence-corrected chi connectivity index (χ0v) is 14.3. The van der Waals surface area contributed by atoms with Crippen molar-refractivity contribution >= 4 is 6.21 Å². The van der Waals surface area contributed by atoms with Crippen LogP contribution in [0.15, 0.2) is 32.8 Å². The molecule has 132 valence electrons. The van der Waals surface area contributed by atoms with Gasteiger partial charge in [0.15, 0.2) is 0 Å². The zero-order chi connectivity index (χ0) is 18.0. The lowest BCUT2D eigenvalue weighted by molar-refractivity contribution is 0.118. The SMILES string of the molecule is Cc1cccc(-n2c(O)c(C=NC[C@H]3CCCO3)c(=O)[nH]c2=O)c1C. The van der Waals surface area contributed by atoms with Gasteiger partial charge >= 0.3 is 5.69 Å². The molecule has 7 nitrogen and oxygen atoms in total. The molecule has 0 saturated carbocycles. The molecule has 0 bridgehead atoms. The summed E-state index contributed by atoms with van der Waals surface area (Å²) in [6, 6.07) is 5.42. The van der Waals surface area contributed by atoms with Crippen LogP contribution in [0.3, 0.4) is 0 Å². The van der Waals surface area contributed by atoms with E-state index in [1.807, 2.05) is 19.9 Å². The summed E-state index contributed by atoms with van der Waals surface area (Å²) >= 11 is 0. The van der Waals surface area contributed by atoms with E-state index in [9.17, 15) is 14.7 Å². The molecule has 1 aliphatic rings. The first-order chi connectivity index (χ1) is 12.0. The number of nitrogens with zero attached hydrogens (tertiary/aromatic N) is 2. The number of aromatic amines is 1. The van der Waals surface area contributed by atoms with Crippen LogP contribution in [0.4, 0.5) is 0 Å². The summed E-state index contributed by atoms with van der Waals surface area (Å²) in [4.78, 5) is 30.8. The van der Waals surface area contributed by atoms with Gasteiger partial charge in [-0.05, 0) is 43.9 Å². The summed E-state index contributed by atoms with van der Waals surface area (Å²) in [5, 5.41) is 10.5. The molecule has 1 atom stereocenters. The van der Waals surface area contributed by atoms with E-state index >= 15 is 0 Å². The van der Waals surface area contributed by atoms with Crippen LogP contribution in [-0.2, 0) is 4.74 Å². The number of H-pyrrole nitrogens is 1. The maximum atomic E-state index is 12.2. The minimum atomic E-state index is -0.688. The number of aromatic nitrogens is 2. The average molecular weight is 343 g/mol. The number of ether oxygens (including phenoxy) is 1. The fourth-order valence-corrected chi connectivity index (χ4v) is 2.91. The summed E-state index contributed by atoms with van der Waals surface area (Å²) in [6.45, 7) is 4.91. The third-order valence-electron chi connectivity index (χ3n) is 4.49. The number of aliphatic imine (C=N–C) groups is 1. The first kappa shape index (κ1) is 17.2.